The fourth-order valence-corrected chi connectivity index (χ4v) is 0.506. The lowest BCUT2D eigenvalue weighted by molar-refractivity contribution is -0.161. The Balaban J connectivity index is 4.15. The fraction of sp³-hybridized carbons (Fsp3) is 0.750. The van der Waals surface area contributed by atoms with Crippen LogP contribution >= 0.6 is 0 Å². The number of esters is 1. The maximum atomic E-state index is 11.1. The molecule has 4 heteroatoms. The molecule has 0 saturated carbocycles. The van der Waals surface area contributed by atoms with Gasteiger partial charge in [-0.2, -0.15) is 0 Å². The van der Waals surface area contributed by atoms with Gasteiger partial charge in [-0.15, -0.1) is 0 Å². The Morgan fingerprint density at radius 2 is 1.75 bits per heavy atom. The molecule has 0 saturated heterocycles. The molecule has 0 aromatic rings. The standard InChI is InChI=1S/C8H15NO3/c1-5(6(9)10)7(11)12-8(2,3)4/h5H,1-4H3,(H2,9,10). The number of primary amides is 1. The van der Waals surface area contributed by atoms with Crippen LogP contribution < -0.4 is 5.73 Å². The van der Waals surface area contributed by atoms with Crippen molar-refractivity contribution in [2.24, 2.45) is 11.7 Å². The van der Waals surface area contributed by atoms with Crippen molar-refractivity contribution in [2.75, 3.05) is 0 Å². The van der Waals surface area contributed by atoms with E-state index < -0.39 is 23.4 Å². The number of nitrogens with two attached hydrogens (primary N) is 1. The zero-order chi connectivity index (χ0) is 9.94. The number of carbonyl (C=O) groups excluding carboxylic acids is 2. The van der Waals surface area contributed by atoms with Gasteiger partial charge in [-0.05, 0) is 27.7 Å². The summed E-state index contributed by atoms with van der Waals surface area (Å²) in [6.45, 7) is 6.63. The molecule has 0 rings (SSSR count). The topological polar surface area (TPSA) is 69.4 Å². The van der Waals surface area contributed by atoms with Crippen LogP contribution in [0.15, 0.2) is 0 Å². The predicted molar refractivity (Wildman–Crippen MR) is 44.2 cm³/mol. The first-order valence-corrected chi connectivity index (χ1v) is 3.76. The molecule has 12 heavy (non-hydrogen) atoms. The summed E-state index contributed by atoms with van der Waals surface area (Å²) in [5, 5.41) is 0. The third kappa shape index (κ3) is 3.95. The molecule has 4 nitrogen and oxygen atoms in total. The average Bonchev–Trinajstić information content (AvgIpc) is 1.82. The van der Waals surface area contributed by atoms with E-state index in [1.54, 1.807) is 20.8 Å². The largest absolute Gasteiger partial charge is 0.459 e. The van der Waals surface area contributed by atoms with Crippen molar-refractivity contribution < 1.29 is 14.3 Å². The van der Waals surface area contributed by atoms with Crippen molar-refractivity contribution in [3.63, 3.8) is 0 Å². The highest BCUT2D eigenvalue weighted by Crippen LogP contribution is 2.10. The number of carbonyl (C=O) groups is 2. The molecule has 0 bridgehead atoms. The van der Waals surface area contributed by atoms with Gasteiger partial charge >= 0.3 is 5.97 Å². The molecular formula is C8H15NO3. The first kappa shape index (κ1) is 10.9. The predicted octanol–water partition coefficient (Wildman–Crippen LogP) is 0.449. The molecule has 0 aliphatic heterocycles. The van der Waals surface area contributed by atoms with Crippen molar-refractivity contribution in [3.8, 4) is 0 Å². The monoisotopic (exact) mass is 173 g/mol. The summed E-state index contributed by atoms with van der Waals surface area (Å²) < 4.78 is 4.92. The first-order valence-electron chi connectivity index (χ1n) is 3.76. The Bertz CT molecular complexity index is 193. The summed E-state index contributed by atoms with van der Waals surface area (Å²) in [5.74, 6) is -2.11. The second kappa shape index (κ2) is 3.56. The highest BCUT2D eigenvalue weighted by molar-refractivity contribution is 5.96. The lowest BCUT2D eigenvalue weighted by Gasteiger charge is -2.20. The second-order valence-electron chi connectivity index (χ2n) is 3.66. The van der Waals surface area contributed by atoms with Crippen LogP contribution in [-0.4, -0.2) is 17.5 Å². The molecule has 70 valence electrons. The second-order valence-corrected chi connectivity index (χ2v) is 3.66. The molecule has 1 atom stereocenters. The van der Waals surface area contributed by atoms with E-state index in [1.165, 1.54) is 6.92 Å². The van der Waals surface area contributed by atoms with Gasteiger partial charge < -0.3 is 10.5 Å². The lowest BCUT2D eigenvalue weighted by Crippen LogP contribution is -2.34. The number of hydrogen-bond acceptors (Lipinski definition) is 3. The molecule has 0 radical (unpaired) electrons. The Morgan fingerprint density at radius 3 is 2.00 bits per heavy atom. The van der Waals surface area contributed by atoms with Crippen molar-refractivity contribution in [1.82, 2.24) is 0 Å². The zero-order valence-corrected chi connectivity index (χ0v) is 7.88. The van der Waals surface area contributed by atoms with Crippen molar-refractivity contribution in [2.45, 2.75) is 33.3 Å². The Morgan fingerprint density at radius 1 is 1.33 bits per heavy atom. The Labute approximate surface area is 72.1 Å². The van der Waals surface area contributed by atoms with E-state index in [9.17, 15) is 9.59 Å². The van der Waals surface area contributed by atoms with Gasteiger partial charge in [0.25, 0.3) is 0 Å². The van der Waals surface area contributed by atoms with Gasteiger partial charge in [0.1, 0.15) is 11.5 Å². The quantitative estimate of drug-likeness (QED) is 0.487. The molecule has 1 amide bonds. The van der Waals surface area contributed by atoms with Crippen LogP contribution in [0.25, 0.3) is 0 Å². The van der Waals surface area contributed by atoms with E-state index in [1.807, 2.05) is 0 Å². The molecule has 0 fully saturated rings. The lowest BCUT2D eigenvalue weighted by atomic mass is 10.1. The van der Waals surface area contributed by atoms with Crippen molar-refractivity contribution in [1.29, 1.82) is 0 Å². The van der Waals surface area contributed by atoms with Gasteiger partial charge in [0.2, 0.25) is 5.91 Å². The van der Waals surface area contributed by atoms with Crippen LogP contribution in [0.1, 0.15) is 27.7 Å². The van der Waals surface area contributed by atoms with Crippen molar-refractivity contribution >= 4 is 11.9 Å². The van der Waals surface area contributed by atoms with E-state index in [0.717, 1.165) is 0 Å². The molecule has 0 spiro atoms. The van der Waals surface area contributed by atoms with Gasteiger partial charge in [-0.1, -0.05) is 0 Å². The highest BCUT2D eigenvalue weighted by Gasteiger charge is 2.24. The molecule has 1 unspecified atom stereocenters. The van der Waals surface area contributed by atoms with Gasteiger partial charge in [0.05, 0.1) is 0 Å². The SMILES string of the molecule is CC(C(N)=O)C(=O)OC(C)(C)C. The van der Waals surface area contributed by atoms with Crippen LogP contribution in [0.4, 0.5) is 0 Å². The molecular weight excluding hydrogens is 158 g/mol. The summed E-state index contributed by atoms with van der Waals surface area (Å²) in [6, 6.07) is 0. The van der Waals surface area contributed by atoms with Crippen LogP contribution in [-0.2, 0) is 14.3 Å². The normalized spacial score (nSPS) is 13.7. The van der Waals surface area contributed by atoms with E-state index >= 15 is 0 Å². The van der Waals surface area contributed by atoms with E-state index in [2.05, 4.69) is 0 Å². The van der Waals surface area contributed by atoms with Crippen molar-refractivity contribution in [3.05, 3.63) is 0 Å². The van der Waals surface area contributed by atoms with Gasteiger partial charge in [-0.25, -0.2) is 0 Å². The summed E-state index contributed by atoms with van der Waals surface area (Å²) >= 11 is 0. The zero-order valence-electron chi connectivity index (χ0n) is 7.88. The third-order valence-corrected chi connectivity index (χ3v) is 1.19. The average molecular weight is 173 g/mol. The molecule has 0 aromatic heterocycles. The van der Waals surface area contributed by atoms with E-state index in [-0.39, 0.29) is 0 Å². The van der Waals surface area contributed by atoms with Crippen LogP contribution in [0.2, 0.25) is 0 Å². The number of ether oxygens (including phenoxy) is 1. The minimum atomic E-state index is -0.871. The fourth-order valence-electron chi connectivity index (χ4n) is 0.506. The van der Waals surface area contributed by atoms with Crippen LogP contribution in [0.3, 0.4) is 0 Å². The third-order valence-electron chi connectivity index (χ3n) is 1.19. The van der Waals surface area contributed by atoms with E-state index in [4.69, 9.17) is 10.5 Å². The summed E-state index contributed by atoms with van der Waals surface area (Å²) in [6.07, 6.45) is 0. The van der Waals surface area contributed by atoms with E-state index in [0.29, 0.717) is 0 Å². The first-order chi connectivity index (χ1) is 5.24. The Kier molecular flexibility index (Phi) is 3.24. The van der Waals surface area contributed by atoms with Crippen LogP contribution in [0.5, 0.6) is 0 Å². The van der Waals surface area contributed by atoms with Gasteiger partial charge in [0.15, 0.2) is 0 Å². The van der Waals surface area contributed by atoms with Crippen LogP contribution in [0, 0.1) is 5.92 Å². The highest BCUT2D eigenvalue weighted by atomic mass is 16.6. The maximum absolute atomic E-state index is 11.1. The van der Waals surface area contributed by atoms with Gasteiger partial charge in [-0.3, -0.25) is 9.59 Å². The maximum Gasteiger partial charge on any atom is 0.318 e. The molecule has 0 aliphatic rings. The summed E-state index contributed by atoms with van der Waals surface area (Å²) in [5.41, 5.74) is 4.35. The summed E-state index contributed by atoms with van der Waals surface area (Å²) in [4.78, 5) is 21.6. The Hall–Kier alpha value is -1.06. The van der Waals surface area contributed by atoms with Gasteiger partial charge in [0, 0.05) is 0 Å². The molecule has 2 N–H and O–H groups in total. The number of rotatable bonds is 2. The smallest absolute Gasteiger partial charge is 0.318 e. The molecule has 0 aromatic carbocycles. The number of amides is 1. The molecule has 0 heterocycles. The number of hydrogen-bond donors (Lipinski definition) is 1. The minimum Gasteiger partial charge on any atom is -0.459 e. The minimum absolute atomic E-state index is 0.569. The summed E-state index contributed by atoms with van der Waals surface area (Å²) in [7, 11) is 0. The molecule has 0 aliphatic carbocycles.